The Balaban J connectivity index is 1.51. The van der Waals surface area contributed by atoms with Gasteiger partial charge in [0, 0.05) is 23.8 Å². The van der Waals surface area contributed by atoms with Gasteiger partial charge in [-0.05, 0) is 77.4 Å². The van der Waals surface area contributed by atoms with Crippen molar-refractivity contribution >= 4 is 5.78 Å². The van der Waals surface area contributed by atoms with Gasteiger partial charge in [0.25, 0.3) is 0 Å². The normalized spacial score (nSPS) is 31.0. The first-order valence-electron chi connectivity index (χ1n) is 15.9. The monoisotopic (exact) mass is 598 g/mol. The first-order chi connectivity index (χ1) is 20.4. The van der Waals surface area contributed by atoms with Gasteiger partial charge in [-0.15, -0.1) is 0 Å². The Labute approximate surface area is 266 Å². The van der Waals surface area contributed by atoms with Crippen molar-refractivity contribution in [3.05, 3.63) is 94.2 Å². The van der Waals surface area contributed by atoms with E-state index in [1.807, 2.05) is 76.3 Å². The van der Waals surface area contributed by atoms with Crippen LogP contribution in [-0.2, 0) is 9.53 Å². The number of Topliss-reactive ketones (excluding diaryl/α,β-unsaturated/α-hetero) is 1. The Morgan fingerprint density at radius 3 is 2.00 bits per heavy atom. The molecule has 1 aliphatic heterocycles. The van der Waals surface area contributed by atoms with Crippen molar-refractivity contribution < 1.29 is 19.7 Å². The van der Waals surface area contributed by atoms with Crippen molar-refractivity contribution in [2.75, 3.05) is 0 Å². The number of rotatable bonds is 9. The third-order valence-electron chi connectivity index (χ3n) is 9.54. The molecular weight excluding hydrogens is 544 g/mol. The minimum atomic E-state index is -0.491. The summed E-state index contributed by atoms with van der Waals surface area (Å²) in [4.78, 5) is 13.1. The summed E-state index contributed by atoms with van der Waals surface area (Å²) in [5.74, 6) is 6.75. The van der Waals surface area contributed by atoms with Gasteiger partial charge in [-0.25, -0.2) is 0 Å². The molecule has 3 aliphatic rings. The standard InChI is InChI=1S/C40H54O4/c1-28(17-13-18-30(3)21-22-35-32(5)23-33(41)24-37(35,6)7)15-11-12-16-29(2)19-14-20-31(4)36(43)27-40-38(8,9)25-34(42)26-39(40,10)44-40/h11-20,33-34,41-42H,23-27H2,1-10H3/b12-11+,17-13+,19-14+,28-15+,29-16+,30-18+,31-20+/t33-,34+,39-,40+/m1/s1. The Bertz CT molecular complexity index is 1420. The van der Waals surface area contributed by atoms with Crippen LogP contribution in [0.5, 0.6) is 0 Å². The van der Waals surface area contributed by atoms with E-state index in [1.54, 1.807) is 0 Å². The van der Waals surface area contributed by atoms with Gasteiger partial charge in [0.2, 0.25) is 0 Å². The first kappa shape index (κ1) is 35.5. The van der Waals surface area contributed by atoms with Gasteiger partial charge in [-0.3, -0.25) is 4.79 Å². The van der Waals surface area contributed by atoms with Crippen LogP contribution in [0.4, 0.5) is 0 Å². The van der Waals surface area contributed by atoms with Crippen LogP contribution in [0.15, 0.2) is 94.2 Å². The maximum Gasteiger partial charge on any atom is 0.161 e. The number of hydrogen-bond donors (Lipinski definition) is 2. The van der Waals surface area contributed by atoms with Crippen molar-refractivity contribution in [3.8, 4) is 11.8 Å². The summed E-state index contributed by atoms with van der Waals surface area (Å²) in [6.45, 7) is 20.6. The minimum absolute atomic E-state index is 0.0940. The van der Waals surface area contributed by atoms with E-state index < -0.39 is 11.2 Å². The minimum Gasteiger partial charge on any atom is -0.393 e. The number of ether oxygens (including phenoxy) is 1. The summed E-state index contributed by atoms with van der Waals surface area (Å²) >= 11 is 0. The highest BCUT2D eigenvalue weighted by molar-refractivity contribution is 5.96. The molecule has 0 spiro atoms. The molecule has 1 saturated heterocycles. The van der Waals surface area contributed by atoms with Crippen molar-refractivity contribution in [2.45, 2.75) is 125 Å². The molecule has 4 atom stereocenters. The predicted molar refractivity (Wildman–Crippen MR) is 183 cm³/mol. The van der Waals surface area contributed by atoms with Crippen LogP contribution in [-0.4, -0.2) is 39.4 Å². The highest BCUT2D eigenvalue weighted by Gasteiger charge is 2.76. The molecule has 2 fully saturated rings. The van der Waals surface area contributed by atoms with E-state index in [2.05, 4.69) is 65.5 Å². The second kappa shape index (κ2) is 14.0. The molecule has 2 N–H and O–H groups in total. The fraction of sp³-hybridized carbons (Fsp3) is 0.525. The molecule has 3 rings (SSSR count). The fourth-order valence-electron chi connectivity index (χ4n) is 7.11. The Morgan fingerprint density at radius 1 is 0.841 bits per heavy atom. The van der Waals surface area contributed by atoms with E-state index in [-0.39, 0.29) is 28.8 Å². The molecule has 4 heteroatoms. The number of aliphatic hydroxyl groups is 2. The third-order valence-corrected chi connectivity index (χ3v) is 9.54. The van der Waals surface area contributed by atoms with Gasteiger partial charge in [-0.1, -0.05) is 117 Å². The molecule has 2 aliphatic carbocycles. The molecule has 0 aromatic rings. The quantitative estimate of drug-likeness (QED) is 0.121. The number of epoxide rings is 1. The lowest BCUT2D eigenvalue weighted by Gasteiger charge is -2.40. The summed E-state index contributed by atoms with van der Waals surface area (Å²) in [6, 6.07) is 0. The molecule has 0 aromatic heterocycles. The van der Waals surface area contributed by atoms with Crippen molar-refractivity contribution in [2.24, 2.45) is 10.8 Å². The first-order valence-corrected chi connectivity index (χ1v) is 15.9. The number of aliphatic hydroxyl groups excluding tert-OH is 2. The summed E-state index contributed by atoms with van der Waals surface area (Å²) < 4.78 is 6.18. The largest absolute Gasteiger partial charge is 0.393 e. The smallest absolute Gasteiger partial charge is 0.161 e. The van der Waals surface area contributed by atoms with Crippen LogP contribution in [0.25, 0.3) is 0 Å². The molecular formula is C40H54O4. The van der Waals surface area contributed by atoms with Crippen molar-refractivity contribution in [1.82, 2.24) is 0 Å². The molecule has 238 valence electrons. The molecule has 4 nitrogen and oxygen atoms in total. The second-order valence-corrected chi connectivity index (χ2v) is 14.7. The Hall–Kier alpha value is -2.97. The molecule has 0 unspecified atom stereocenters. The van der Waals surface area contributed by atoms with E-state index in [4.69, 9.17) is 4.74 Å². The van der Waals surface area contributed by atoms with E-state index in [1.165, 1.54) is 5.57 Å². The summed E-state index contributed by atoms with van der Waals surface area (Å²) in [6.07, 6.45) is 22.4. The molecule has 1 saturated carbocycles. The zero-order valence-electron chi connectivity index (χ0n) is 28.7. The SMILES string of the molecule is CC1=C(C#C/C(C)=C/C=C/C(C)=C/C=C/C=C(C)/C=C/C=C(\C)C(=O)C[C@@]23O[C@]2(C)C[C@@H](O)CC3(C)C)C(C)(C)C[C@H](O)C1. The van der Waals surface area contributed by atoms with Crippen LogP contribution < -0.4 is 0 Å². The molecule has 0 amide bonds. The highest BCUT2D eigenvalue weighted by atomic mass is 16.6. The van der Waals surface area contributed by atoms with Crippen molar-refractivity contribution in [3.63, 3.8) is 0 Å². The van der Waals surface area contributed by atoms with Gasteiger partial charge in [0.05, 0.1) is 17.8 Å². The highest BCUT2D eigenvalue weighted by Crippen LogP contribution is 2.67. The van der Waals surface area contributed by atoms with E-state index >= 15 is 0 Å². The van der Waals surface area contributed by atoms with Gasteiger partial charge in [0.1, 0.15) is 5.60 Å². The van der Waals surface area contributed by atoms with Crippen LogP contribution in [0.3, 0.4) is 0 Å². The van der Waals surface area contributed by atoms with Gasteiger partial charge < -0.3 is 14.9 Å². The number of allylic oxidation sites excluding steroid dienone is 15. The lowest BCUT2D eigenvalue weighted by atomic mass is 9.61. The molecule has 44 heavy (non-hydrogen) atoms. The van der Waals surface area contributed by atoms with Gasteiger partial charge in [-0.2, -0.15) is 0 Å². The van der Waals surface area contributed by atoms with Crippen LogP contribution >= 0.6 is 0 Å². The van der Waals surface area contributed by atoms with Crippen molar-refractivity contribution in [1.29, 1.82) is 0 Å². The number of ketones is 1. The van der Waals surface area contributed by atoms with E-state index in [9.17, 15) is 15.0 Å². The molecule has 0 aromatic carbocycles. The summed E-state index contributed by atoms with van der Waals surface area (Å²) in [5.41, 5.74) is 5.00. The zero-order valence-corrected chi connectivity index (χ0v) is 28.7. The fourth-order valence-corrected chi connectivity index (χ4v) is 7.11. The average molecular weight is 599 g/mol. The van der Waals surface area contributed by atoms with Crippen LogP contribution in [0, 0.1) is 22.7 Å². The average Bonchev–Trinajstić information content (AvgIpc) is 3.49. The third kappa shape index (κ3) is 8.60. The maximum atomic E-state index is 13.1. The van der Waals surface area contributed by atoms with Gasteiger partial charge in [0.15, 0.2) is 5.78 Å². The van der Waals surface area contributed by atoms with E-state index in [0.717, 1.165) is 28.7 Å². The number of carbonyl (C=O) groups is 1. The molecule has 0 bridgehead atoms. The zero-order chi connectivity index (χ0) is 32.9. The Kier molecular flexibility index (Phi) is 11.3. The predicted octanol–water partition coefficient (Wildman–Crippen LogP) is 8.61. The number of fused-ring (bicyclic) bond motifs is 1. The lowest BCUT2D eigenvalue weighted by Crippen LogP contribution is -2.48. The number of carbonyl (C=O) groups excluding carboxylic acids is 1. The second-order valence-electron chi connectivity index (χ2n) is 14.7. The number of hydrogen-bond acceptors (Lipinski definition) is 4. The van der Waals surface area contributed by atoms with E-state index in [0.29, 0.717) is 31.3 Å². The lowest BCUT2D eigenvalue weighted by molar-refractivity contribution is -0.118. The Morgan fingerprint density at radius 2 is 1.43 bits per heavy atom. The summed E-state index contributed by atoms with van der Waals surface area (Å²) in [5, 5.41) is 20.3. The molecule has 0 radical (unpaired) electrons. The van der Waals surface area contributed by atoms with Gasteiger partial charge >= 0.3 is 0 Å². The maximum absolute atomic E-state index is 13.1. The van der Waals surface area contributed by atoms with Crippen LogP contribution in [0.2, 0.25) is 0 Å². The van der Waals surface area contributed by atoms with Crippen LogP contribution in [0.1, 0.15) is 101 Å². The topological polar surface area (TPSA) is 70.1 Å². The molecule has 1 heterocycles. The summed E-state index contributed by atoms with van der Waals surface area (Å²) in [7, 11) is 0.